The molecule has 1 amide bonds. The van der Waals surface area contributed by atoms with Crippen molar-refractivity contribution in [2.24, 2.45) is 0 Å². The summed E-state index contributed by atoms with van der Waals surface area (Å²) in [7, 11) is 1.58. The van der Waals surface area contributed by atoms with E-state index in [4.69, 9.17) is 4.74 Å². The number of hydrogen-bond donors (Lipinski definition) is 1. The molecule has 0 spiro atoms. The lowest BCUT2D eigenvalue weighted by Crippen LogP contribution is -2.37. The van der Waals surface area contributed by atoms with Crippen molar-refractivity contribution in [3.8, 4) is 17.1 Å². The molecule has 162 valence electrons. The largest absolute Gasteiger partial charge is 0.496 e. The van der Waals surface area contributed by atoms with Crippen LogP contribution in [0.15, 0.2) is 64.5 Å². The van der Waals surface area contributed by atoms with E-state index in [-0.39, 0.29) is 23.3 Å². The molecule has 0 saturated heterocycles. The van der Waals surface area contributed by atoms with E-state index in [1.807, 2.05) is 47.4 Å². The summed E-state index contributed by atoms with van der Waals surface area (Å²) in [4.78, 5) is 36.1. The average molecular weight is 448 g/mol. The molecule has 1 atom stereocenters. The number of rotatable bonds is 5. The van der Waals surface area contributed by atoms with Crippen molar-refractivity contribution in [1.82, 2.24) is 19.6 Å². The number of fused-ring (bicyclic) bond motifs is 2. The summed E-state index contributed by atoms with van der Waals surface area (Å²) in [5.41, 5.74) is 2.99. The molecular formula is C23H21N5O3S. The summed E-state index contributed by atoms with van der Waals surface area (Å²) in [5.74, 6) is 1.23. The maximum atomic E-state index is 13.1. The van der Waals surface area contributed by atoms with Gasteiger partial charge in [0.2, 0.25) is 5.91 Å². The lowest BCUT2D eigenvalue weighted by atomic mass is 10.1. The van der Waals surface area contributed by atoms with Gasteiger partial charge in [0.1, 0.15) is 5.75 Å². The minimum Gasteiger partial charge on any atom is -0.496 e. The van der Waals surface area contributed by atoms with Gasteiger partial charge in [0.05, 0.1) is 18.4 Å². The van der Waals surface area contributed by atoms with Crippen molar-refractivity contribution in [3.63, 3.8) is 0 Å². The van der Waals surface area contributed by atoms with Gasteiger partial charge >= 0.3 is 0 Å². The highest BCUT2D eigenvalue weighted by molar-refractivity contribution is 7.99. The number of hydrogen-bond acceptors (Lipinski definition) is 6. The van der Waals surface area contributed by atoms with Crippen molar-refractivity contribution in [1.29, 1.82) is 0 Å². The summed E-state index contributed by atoms with van der Waals surface area (Å²) in [6.07, 6.45) is 0.840. The van der Waals surface area contributed by atoms with E-state index in [0.717, 1.165) is 12.1 Å². The summed E-state index contributed by atoms with van der Waals surface area (Å²) in [6.45, 7) is 2.05. The number of methoxy groups -OCH3 is 1. The number of nitrogens with zero attached hydrogens (tertiary/aromatic N) is 4. The molecule has 4 aromatic rings. The summed E-state index contributed by atoms with van der Waals surface area (Å²) < 4.78 is 6.96. The molecular weight excluding hydrogens is 426 g/mol. The molecule has 5 rings (SSSR count). The van der Waals surface area contributed by atoms with Crippen molar-refractivity contribution < 1.29 is 9.53 Å². The van der Waals surface area contributed by atoms with Crippen molar-refractivity contribution >= 4 is 29.0 Å². The monoisotopic (exact) mass is 447 g/mol. The van der Waals surface area contributed by atoms with Crippen LogP contribution in [0, 0.1) is 0 Å². The number of aromatic amines is 1. The third-order valence-corrected chi connectivity index (χ3v) is 6.40. The van der Waals surface area contributed by atoms with Crippen LogP contribution in [0.25, 0.3) is 17.0 Å². The van der Waals surface area contributed by atoms with Crippen LogP contribution >= 0.6 is 11.8 Å². The van der Waals surface area contributed by atoms with Crippen molar-refractivity contribution in [2.75, 3.05) is 17.8 Å². The lowest BCUT2D eigenvalue weighted by Gasteiger charge is -2.22. The third-order valence-electron chi connectivity index (χ3n) is 5.47. The molecule has 0 radical (unpaired) electrons. The molecule has 1 N–H and O–H groups in total. The van der Waals surface area contributed by atoms with E-state index < -0.39 is 0 Å². The molecule has 0 fully saturated rings. The van der Waals surface area contributed by atoms with E-state index in [9.17, 15) is 9.59 Å². The number of carbonyl (C=O) groups is 1. The predicted octanol–water partition coefficient (Wildman–Crippen LogP) is 3.16. The number of thioether (sulfide) groups is 1. The van der Waals surface area contributed by atoms with Gasteiger partial charge in [-0.25, -0.2) is 14.5 Å². The number of aromatic nitrogens is 4. The molecule has 2 aromatic heterocycles. The average Bonchev–Trinajstić information content (AvgIpc) is 3.35. The molecule has 0 unspecified atom stereocenters. The molecule has 9 heteroatoms. The first-order valence-corrected chi connectivity index (χ1v) is 11.2. The molecule has 0 aliphatic carbocycles. The number of anilines is 1. The first-order valence-electron chi connectivity index (χ1n) is 10.2. The zero-order valence-electron chi connectivity index (χ0n) is 17.6. The Hall–Kier alpha value is -3.59. The quantitative estimate of drug-likeness (QED) is 0.473. The van der Waals surface area contributed by atoms with Gasteiger partial charge < -0.3 is 9.64 Å². The topological polar surface area (TPSA) is 92.6 Å². The number of ether oxygens (including phenoxy) is 1. The highest BCUT2D eigenvalue weighted by atomic mass is 32.2. The van der Waals surface area contributed by atoms with Gasteiger partial charge in [-0.05, 0) is 37.1 Å². The van der Waals surface area contributed by atoms with Crippen LogP contribution in [0.4, 0.5) is 5.69 Å². The van der Waals surface area contributed by atoms with Crippen LogP contribution in [0.5, 0.6) is 5.75 Å². The zero-order valence-corrected chi connectivity index (χ0v) is 18.4. The SMILES string of the molecule is COc1ccccc1-c1nc(SCC(=O)N2c3ccccc3C[C@H]2C)n2[nH]c(=O)cc2n1. The lowest BCUT2D eigenvalue weighted by molar-refractivity contribution is -0.116. The number of H-pyrrole nitrogens is 1. The van der Waals surface area contributed by atoms with Crippen LogP contribution in [0.1, 0.15) is 12.5 Å². The fourth-order valence-electron chi connectivity index (χ4n) is 4.07. The molecule has 1 aliphatic rings. The normalized spacial score (nSPS) is 15.2. The van der Waals surface area contributed by atoms with Gasteiger partial charge in [0.15, 0.2) is 16.6 Å². The van der Waals surface area contributed by atoms with E-state index in [1.54, 1.807) is 7.11 Å². The molecule has 2 aromatic carbocycles. The van der Waals surface area contributed by atoms with Crippen molar-refractivity contribution in [2.45, 2.75) is 24.5 Å². The number of para-hydroxylation sites is 2. The second kappa shape index (κ2) is 8.16. The molecule has 8 nitrogen and oxygen atoms in total. The Morgan fingerprint density at radius 2 is 1.97 bits per heavy atom. The van der Waals surface area contributed by atoms with Crippen LogP contribution < -0.4 is 15.2 Å². The Labute approximate surface area is 188 Å². The first kappa shape index (κ1) is 20.3. The van der Waals surface area contributed by atoms with Crippen LogP contribution in [0.3, 0.4) is 0 Å². The molecule has 1 aliphatic heterocycles. The van der Waals surface area contributed by atoms with E-state index >= 15 is 0 Å². The standard InChI is InChI=1S/C23H21N5O3S/c1-14-11-15-7-3-5-9-17(15)27(14)21(30)13-32-23-25-22(16-8-4-6-10-18(16)31-2)24-19-12-20(29)26-28(19)23/h3-10,12,14H,11,13H2,1-2H3,(H,26,29)/t14-/m1/s1. The number of carbonyl (C=O) groups excluding carboxylic acids is 1. The fourth-order valence-corrected chi connectivity index (χ4v) is 4.88. The summed E-state index contributed by atoms with van der Waals surface area (Å²) in [5, 5.41) is 3.19. The van der Waals surface area contributed by atoms with Gasteiger partial charge in [-0.1, -0.05) is 42.1 Å². The van der Waals surface area contributed by atoms with Crippen LogP contribution in [0.2, 0.25) is 0 Å². The second-order valence-electron chi connectivity index (χ2n) is 7.58. The highest BCUT2D eigenvalue weighted by Crippen LogP contribution is 2.33. The Kier molecular flexibility index (Phi) is 5.18. The number of nitrogens with one attached hydrogen (secondary N) is 1. The van der Waals surface area contributed by atoms with Crippen LogP contribution in [-0.2, 0) is 11.2 Å². The Bertz CT molecular complexity index is 1380. The molecule has 3 heterocycles. The van der Waals surface area contributed by atoms with E-state index in [2.05, 4.69) is 28.1 Å². The second-order valence-corrected chi connectivity index (χ2v) is 8.52. The van der Waals surface area contributed by atoms with E-state index in [0.29, 0.717) is 27.9 Å². The van der Waals surface area contributed by atoms with Gasteiger partial charge in [-0.2, -0.15) is 0 Å². The Morgan fingerprint density at radius 3 is 2.81 bits per heavy atom. The number of benzene rings is 2. The van der Waals surface area contributed by atoms with Crippen molar-refractivity contribution in [3.05, 3.63) is 70.5 Å². The maximum Gasteiger partial charge on any atom is 0.266 e. The van der Waals surface area contributed by atoms with Crippen LogP contribution in [-0.4, -0.2) is 44.4 Å². The predicted molar refractivity (Wildman–Crippen MR) is 123 cm³/mol. The Balaban J connectivity index is 1.48. The van der Waals surface area contributed by atoms with Gasteiger partial charge in [0.25, 0.3) is 5.56 Å². The Morgan fingerprint density at radius 1 is 1.19 bits per heavy atom. The smallest absolute Gasteiger partial charge is 0.266 e. The minimum atomic E-state index is -0.285. The first-order chi connectivity index (χ1) is 15.5. The zero-order chi connectivity index (χ0) is 22.2. The number of amides is 1. The summed E-state index contributed by atoms with van der Waals surface area (Å²) in [6, 6.07) is 16.9. The molecule has 0 bridgehead atoms. The minimum absolute atomic E-state index is 0.00689. The van der Waals surface area contributed by atoms with E-state index in [1.165, 1.54) is 27.9 Å². The van der Waals surface area contributed by atoms with Gasteiger partial charge in [-0.15, -0.1) is 0 Å². The molecule has 0 saturated carbocycles. The summed E-state index contributed by atoms with van der Waals surface area (Å²) >= 11 is 1.27. The molecule has 32 heavy (non-hydrogen) atoms. The van der Waals surface area contributed by atoms with Gasteiger partial charge in [-0.3, -0.25) is 14.7 Å². The van der Waals surface area contributed by atoms with Gasteiger partial charge in [0, 0.05) is 17.8 Å². The third kappa shape index (κ3) is 3.54. The highest BCUT2D eigenvalue weighted by Gasteiger charge is 2.30. The maximum absolute atomic E-state index is 13.1. The fraction of sp³-hybridized carbons (Fsp3) is 0.217.